The van der Waals surface area contributed by atoms with E-state index >= 15 is 0 Å². The number of aromatic amines is 1. The van der Waals surface area contributed by atoms with Crippen molar-refractivity contribution in [2.75, 3.05) is 13.2 Å². The highest BCUT2D eigenvalue weighted by molar-refractivity contribution is 5.95. The van der Waals surface area contributed by atoms with E-state index < -0.39 is 23.4 Å². The summed E-state index contributed by atoms with van der Waals surface area (Å²) in [5.41, 5.74) is 1.52. The van der Waals surface area contributed by atoms with Crippen LogP contribution in [0.5, 0.6) is 11.5 Å². The molecule has 4 rings (SSSR count). The van der Waals surface area contributed by atoms with E-state index in [4.69, 9.17) is 14.2 Å². The first-order valence-corrected chi connectivity index (χ1v) is 8.64. The highest BCUT2D eigenvalue weighted by atomic mass is 16.5. The fraction of sp³-hybridized carbons (Fsp3) is 0.250. The van der Waals surface area contributed by atoms with Crippen LogP contribution in [-0.2, 0) is 9.53 Å². The Balaban J connectivity index is 1.84. The lowest BCUT2D eigenvalue weighted by molar-refractivity contribution is -0.135. The zero-order valence-corrected chi connectivity index (χ0v) is 14.6. The highest BCUT2D eigenvalue weighted by Gasteiger charge is 2.36. The third kappa shape index (κ3) is 3.01. The second-order valence-corrected chi connectivity index (χ2v) is 6.27. The molecule has 0 radical (unpaired) electrons. The van der Waals surface area contributed by atoms with Crippen LogP contribution in [0, 0.1) is 0 Å². The monoisotopic (exact) mass is 367 g/mol. The molecule has 0 aliphatic carbocycles. The fourth-order valence-corrected chi connectivity index (χ4v) is 3.39. The largest absolute Gasteiger partial charge is 0.489 e. The Labute approximate surface area is 154 Å². The number of hydrogen-bond acceptors (Lipinski definition) is 6. The highest BCUT2D eigenvalue weighted by Crippen LogP contribution is 2.41. The normalized spacial score (nSPS) is 17.7. The first-order valence-electron chi connectivity index (χ1n) is 8.64. The summed E-state index contributed by atoms with van der Waals surface area (Å²) < 4.78 is 16.1. The molecule has 1 N–H and O–H groups in total. The van der Waals surface area contributed by atoms with Gasteiger partial charge in [0.25, 0.3) is 5.56 Å². The minimum Gasteiger partial charge on any atom is -0.489 e. The van der Waals surface area contributed by atoms with Gasteiger partial charge in [-0.15, -0.1) is 0 Å². The molecule has 0 spiro atoms. The zero-order chi connectivity index (χ0) is 19.0. The Morgan fingerprint density at radius 2 is 2.11 bits per heavy atom. The summed E-state index contributed by atoms with van der Waals surface area (Å²) >= 11 is 0. The fourth-order valence-electron chi connectivity index (χ4n) is 3.39. The second kappa shape index (κ2) is 6.75. The molecule has 2 aromatic rings. The van der Waals surface area contributed by atoms with Gasteiger partial charge in [0.2, 0.25) is 0 Å². The van der Waals surface area contributed by atoms with Crippen LogP contribution in [0.4, 0.5) is 0 Å². The molecule has 7 nitrogen and oxygen atoms in total. The molecule has 2 aliphatic rings. The van der Waals surface area contributed by atoms with Gasteiger partial charge in [-0.25, -0.2) is 4.79 Å². The van der Waals surface area contributed by atoms with E-state index in [-0.39, 0.29) is 36.5 Å². The Morgan fingerprint density at radius 3 is 2.93 bits per heavy atom. The second-order valence-electron chi connectivity index (χ2n) is 6.27. The molecule has 0 saturated carbocycles. The quantitative estimate of drug-likeness (QED) is 0.837. The van der Waals surface area contributed by atoms with Crippen molar-refractivity contribution < 1.29 is 23.8 Å². The van der Waals surface area contributed by atoms with Crippen molar-refractivity contribution in [3.63, 3.8) is 0 Å². The molecule has 1 aromatic carbocycles. The van der Waals surface area contributed by atoms with Gasteiger partial charge in [0.05, 0.1) is 18.6 Å². The van der Waals surface area contributed by atoms with E-state index in [9.17, 15) is 14.4 Å². The molecule has 0 unspecified atom stereocenters. The van der Waals surface area contributed by atoms with Crippen molar-refractivity contribution >= 4 is 18.0 Å². The molecule has 1 atom stereocenters. The first-order chi connectivity index (χ1) is 13.1. The van der Waals surface area contributed by atoms with E-state index in [0.29, 0.717) is 0 Å². The average molecular weight is 367 g/mol. The number of hydrogen-bond donors (Lipinski definition) is 1. The molecule has 2 aliphatic heterocycles. The number of rotatable bonds is 3. The smallest absolute Gasteiger partial charge is 0.343 e. The van der Waals surface area contributed by atoms with Crippen LogP contribution in [0.15, 0.2) is 40.8 Å². The number of pyridine rings is 1. The van der Waals surface area contributed by atoms with Crippen LogP contribution in [0.3, 0.4) is 0 Å². The van der Waals surface area contributed by atoms with E-state index in [1.165, 1.54) is 6.20 Å². The van der Waals surface area contributed by atoms with Crippen LogP contribution in [0.25, 0.3) is 6.08 Å². The Hall–Kier alpha value is -3.35. The third-order valence-corrected chi connectivity index (χ3v) is 4.61. The average Bonchev–Trinajstić information content (AvgIpc) is 2.67. The molecule has 0 bridgehead atoms. The maximum atomic E-state index is 12.5. The van der Waals surface area contributed by atoms with Gasteiger partial charge < -0.3 is 19.2 Å². The Kier molecular flexibility index (Phi) is 4.27. The number of carbonyl (C=O) groups is 2. The number of para-hydroxylation sites is 1. The van der Waals surface area contributed by atoms with Crippen molar-refractivity contribution in [2.24, 2.45) is 0 Å². The topological polar surface area (TPSA) is 94.7 Å². The van der Waals surface area contributed by atoms with E-state index in [1.807, 2.05) is 30.3 Å². The number of aromatic nitrogens is 1. The van der Waals surface area contributed by atoms with Crippen molar-refractivity contribution in [1.29, 1.82) is 0 Å². The predicted molar refractivity (Wildman–Crippen MR) is 95.9 cm³/mol. The summed E-state index contributed by atoms with van der Waals surface area (Å²) in [4.78, 5) is 39.5. The summed E-state index contributed by atoms with van der Waals surface area (Å²) in [7, 11) is 0. The molecule has 3 heterocycles. The molecule has 0 amide bonds. The van der Waals surface area contributed by atoms with E-state index in [2.05, 4.69) is 4.98 Å². The molecular formula is C20H17NO6. The molecule has 7 heteroatoms. The van der Waals surface area contributed by atoms with Gasteiger partial charge in [0.1, 0.15) is 17.9 Å². The molecule has 27 heavy (non-hydrogen) atoms. The van der Waals surface area contributed by atoms with Crippen molar-refractivity contribution in [3.8, 4) is 11.5 Å². The third-order valence-electron chi connectivity index (χ3n) is 4.61. The van der Waals surface area contributed by atoms with Crippen molar-refractivity contribution in [1.82, 2.24) is 4.98 Å². The van der Waals surface area contributed by atoms with Gasteiger partial charge >= 0.3 is 11.9 Å². The number of nitrogens with one attached hydrogen (secondary N) is 1. The van der Waals surface area contributed by atoms with Crippen LogP contribution in [0.2, 0.25) is 0 Å². The van der Waals surface area contributed by atoms with Crippen LogP contribution in [-0.4, -0.2) is 30.1 Å². The number of fused-ring (bicyclic) bond motifs is 2. The SMILES string of the molecule is CCOC(=O)c1c[nH]c(=O)c2c1OC(=O)C[C@@H]2C1=Cc2ccccc2OC1. The summed E-state index contributed by atoms with van der Waals surface area (Å²) in [5.74, 6) is -0.985. The molecule has 138 valence electrons. The van der Waals surface area contributed by atoms with Crippen LogP contribution < -0.4 is 15.0 Å². The van der Waals surface area contributed by atoms with Gasteiger partial charge in [-0.05, 0) is 24.6 Å². The summed E-state index contributed by atoms with van der Waals surface area (Å²) in [6.45, 7) is 2.09. The van der Waals surface area contributed by atoms with Gasteiger partial charge in [-0.1, -0.05) is 18.2 Å². The summed E-state index contributed by atoms with van der Waals surface area (Å²) in [6, 6.07) is 7.52. The maximum absolute atomic E-state index is 12.5. The van der Waals surface area contributed by atoms with Crippen molar-refractivity contribution in [3.05, 3.63) is 63.1 Å². The van der Waals surface area contributed by atoms with E-state index in [0.717, 1.165) is 16.9 Å². The minimum absolute atomic E-state index is 0.000279. The molecule has 0 saturated heterocycles. The lowest BCUT2D eigenvalue weighted by Crippen LogP contribution is -2.31. The Bertz CT molecular complexity index is 1020. The van der Waals surface area contributed by atoms with Crippen LogP contribution in [0.1, 0.15) is 40.7 Å². The Morgan fingerprint density at radius 1 is 1.30 bits per heavy atom. The minimum atomic E-state index is -0.655. The van der Waals surface area contributed by atoms with Gasteiger partial charge in [-0.3, -0.25) is 9.59 Å². The number of ether oxygens (including phenoxy) is 3. The standard InChI is InChI=1S/C20H17NO6/c1-2-25-20(24)14-9-21-19(23)17-13(8-16(22)27-18(14)17)12-7-11-5-3-4-6-15(11)26-10-12/h3-7,9,13H,2,8,10H2,1H3,(H,21,23)/t13-/m1/s1. The molecule has 1 aromatic heterocycles. The zero-order valence-electron chi connectivity index (χ0n) is 14.6. The number of benzene rings is 1. The lowest BCUT2D eigenvalue weighted by atomic mass is 9.84. The van der Waals surface area contributed by atoms with Gasteiger partial charge in [0, 0.05) is 17.7 Å². The van der Waals surface area contributed by atoms with Crippen LogP contribution >= 0.6 is 0 Å². The molecular weight excluding hydrogens is 350 g/mol. The number of H-pyrrole nitrogens is 1. The number of esters is 2. The first kappa shape index (κ1) is 17.1. The predicted octanol–water partition coefficient (Wildman–Crippen LogP) is 2.42. The van der Waals surface area contributed by atoms with Gasteiger partial charge in [0.15, 0.2) is 5.75 Å². The lowest BCUT2D eigenvalue weighted by Gasteiger charge is -2.29. The summed E-state index contributed by atoms with van der Waals surface area (Å²) in [5, 5.41) is 0. The number of carbonyl (C=O) groups excluding carboxylic acids is 2. The van der Waals surface area contributed by atoms with Gasteiger partial charge in [-0.2, -0.15) is 0 Å². The van der Waals surface area contributed by atoms with E-state index in [1.54, 1.807) is 6.92 Å². The summed E-state index contributed by atoms with van der Waals surface area (Å²) in [6.07, 6.45) is 3.14. The maximum Gasteiger partial charge on any atom is 0.343 e. The molecule has 0 fully saturated rings. The van der Waals surface area contributed by atoms with Crippen molar-refractivity contribution in [2.45, 2.75) is 19.3 Å².